The Hall–Kier alpha value is -1.89. The van der Waals surface area contributed by atoms with Gasteiger partial charge in [-0.15, -0.1) is 0 Å². The Morgan fingerprint density at radius 3 is 2.56 bits per heavy atom. The van der Waals surface area contributed by atoms with Crippen molar-refractivity contribution in [3.8, 4) is 5.75 Å². The minimum absolute atomic E-state index is 0.168. The molecule has 0 fully saturated rings. The van der Waals surface area contributed by atoms with Crippen LogP contribution in [0, 0.1) is 0 Å². The van der Waals surface area contributed by atoms with E-state index in [9.17, 15) is 9.90 Å². The van der Waals surface area contributed by atoms with Gasteiger partial charge in [0.2, 0.25) is 5.95 Å². The van der Waals surface area contributed by atoms with E-state index in [1.165, 1.54) is 12.4 Å². The number of carbonyl (C=O) groups excluding carboxylic acids is 1. The predicted molar refractivity (Wildman–Crippen MR) is 57.0 cm³/mol. The van der Waals surface area contributed by atoms with Crippen LogP contribution >= 0.6 is 0 Å². The molecule has 0 spiro atoms. The summed E-state index contributed by atoms with van der Waals surface area (Å²) in [4.78, 5) is 18.1. The number of rotatable bonds is 4. The molecule has 88 valence electrons. The lowest BCUT2D eigenvalue weighted by molar-refractivity contribution is 0.0943. The summed E-state index contributed by atoms with van der Waals surface area (Å²) in [5, 5.41) is 12.3. The molecule has 0 saturated heterocycles. The average molecular weight is 226 g/mol. The Balaban J connectivity index is 2.55. The summed E-state index contributed by atoms with van der Waals surface area (Å²) in [7, 11) is 0. The summed E-state index contributed by atoms with van der Waals surface area (Å²) < 4.78 is 4.55. The highest BCUT2D eigenvalue weighted by Gasteiger charge is 2.12. The first-order valence-corrected chi connectivity index (χ1v) is 4.62. The zero-order valence-electron chi connectivity index (χ0n) is 9.10. The van der Waals surface area contributed by atoms with E-state index in [1.807, 2.05) is 0 Å². The highest BCUT2D eigenvalue weighted by Crippen LogP contribution is 2.09. The molecule has 0 aromatic carbocycles. The zero-order valence-corrected chi connectivity index (χ0v) is 9.10. The molecule has 0 saturated carbocycles. The van der Waals surface area contributed by atoms with Gasteiger partial charge in [0.15, 0.2) is 5.75 Å². The SMILES string of the molecule is CC(C)(O)CNc1ncc(OC(N)=O)cn1. The van der Waals surface area contributed by atoms with Crippen molar-refractivity contribution >= 4 is 12.0 Å². The third-order valence-electron chi connectivity index (χ3n) is 1.53. The van der Waals surface area contributed by atoms with E-state index in [4.69, 9.17) is 5.73 Å². The van der Waals surface area contributed by atoms with Gasteiger partial charge in [0.05, 0.1) is 18.0 Å². The Morgan fingerprint density at radius 1 is 1.56 bits per heavy atom. The molecule has 0 aliphatic rings. The van der Waals surface area contributed by atoms with Gasteiger partial charge < -0.3 is 20.9 Å². The summed E-state index contributed by atoms with van der Waals surface area (Å²) in [6, 6.07) is 0. The second-order valence-corrected chi connectivity index (χ2v) is 3.83. The fourth-order valence-electron chi connectivity index (χ4n) is 0.872. The summed E-state index contributed by atoms with van der Waals surface area (Å²) in [5.74, 6) is 0.500. The van der Waals surface area contributed by atoms with Crippen molar-refractivity contribution in [1.29, 1.82) is 0 Å². The van der Waals surface area contributed by atoms with Crippen LogP contribution in [0.15, 0.2) is 12.4 Å². The van der Waals surface area contributed by atoms with Gasteiger partial charge in [0.1, 0.15) is 0 Å². The number of nitrogens with one attached hydrogen (secondary N) is 1. The maximum Gasteiger partial charge on any atom is 0.410 e. The smallest absolute Gasteiger partial charge is 0.407 e. The first-order chi connectivity index (χ1) is 7.37. The monoisotopic (exact) mass is 226 g/mol. The number of aliphatic hydroxyl groups is 1. The number of anilines is 1. The van der Waals surface area contributed by atoms with Crippen LogP contribution in [0.1, 0.15) is 13.8 Å². The minimum atomic E-state index is -0.916. The molecule has 1 rings (SSSR count). The van der Waals surface area contributed by atoms with Crippen LogP contribution in [0.3, 0.4) is 0 Å². The van der Waals surface area contributed by atoms with Gasteiger partial charge >= 0.3 is 6.09 Å². The minimum Gasteiger partial charge on any atom is -0.407 e. The van der Waals surface area contributed by atoms with Crippen LogP contribution in [0.4, 0.5) is 10.7 Å². The summed E-state index contributed by atoms with van der Waals surface area (Å²) >= 11 is 0. The first kappa shape index (κ1) is 12.2. The van der Waals surface area contributed by atoms with Gasteiger partial charge in [-0.3, -0.25) is 0 Å². The lowest BCUT2D eigenvalue weighted by Crippen LogP contribution is -2.29. The molecule has 1 aromatic rings. The molecule has 0 unspecified atom stereocenters. The van der Waals surface area contributed by atoms with Gasteiger partial charge in [0.25, 0.3) is 0 Å². The molecule has 0 aliphatic carbocycles. The summed E-state index contributed by atoms with van der Waals surface area (Å²) in [5.41, 5.74) is 3.96. The van der Waals surface area contributed by atoms with Gasteiger partial charge in [-0.1, -0.05) is 0 Å². The number of amides is 1. The lowest BCUT2D eigenvalue weighted by atomic mass is 10.1. The zero-order chi connectivity index (χ0) is 12.2. The number of aromatic nitrogens is 2. The number of carbonyl (C=O) groups is 1. The van der Waals surface area contributed by atoms with Crippen molar-refractivity contribution in [2.24, 2.45) is 5.73 Å². The van der Waals surface area contributed by atoms with Crippen LogP contribution in [0.2, 0.25) is 0 Å². The molecule has 0 aliphatic heterocycles. The highest BCUT2D eigenvalue weighted by molar-refractivity contribution is 5.67. The molecule has 7 heteroatoms. The van der Waals surface area contributed by atoms with Gasteiger partial charge in [-0.2, -0.15) is 0 Å². The van der Waals surface area contributed by atoms with E-state index in [-0.39, 0.29) is 5.75 Å². The van der Waals surface area contributed by atoms with Gasteiger partial charge in [-0.05, 0) is 13.8 Å². The Labute approximate surface area is 92.7 Å². The van der Waals surface area contributed by atoms with Crippen LogP contribution in [0.25, 0.3) is 0 Å². The standard InChI is InChI=1S/C9H14N4O3/c1-9(2,15)5-13-8-11-3-6(4-12-8)16-7(10)14/h3-4,15H,5H2,1-2H3,(H2,10,14)(H,11,12,13). The third kappa shape index (κ3) is 4.56. The fourth-order valence-corrected chi connectivity index (χ4v) is 0.872. The van der Waals surface area contributed by atoms with Crippen molar-refractivity contribution in [2.45, 2.75) is 19.4 Å². The maximum atomic E-state index is 10.4. The van der Waals surface area contributed by atoms with Crippen LogP contribution < -0.4 is 15.8 Å². The van der Waals surface area contributed by atoms with Crippen molar-refractivity contribution in [1.82, 2.24) is 9.97 Å². The molecular weight excluding hydrogens is 212 g/mol. The largest absolute Gasteiger partial charge is 0.410 e. The Bertz CT molecular complexity index is 358. The second-order valence-electron chi connectivity index (χ2n) is 3.83. The van der Waals surface area contributed by atoms with Crippen molar-refractivity contribution in [3.63, 3.8) is 0 Å². The van der Waals surface area contributed by atoms with E-state index in [1.54, 1.807) is 13.8 Å². The lowest BCUT2D eigenvalue weighted by Gasteiger charge is -2.17. The van der Waals surface area contributed by atoms with E-state index in [0.29, 0.717) is 12.5 Å². The molecule has 0 radical (unpaired) electrons. The quantitative estimate of drug-likeness (QED) is 0.672. The summed E-state index contributed by atoms with van der Waals surface area (Å²) in [6.07, 6.45) is 1.70. The van der Waals surface area contributed by atoms with E-state index in [2.05, 4.69) is 20.0 Å². The molecule has 0 atom stereocenters. The van der Waals surface area contributed by atoms with Crippen molar-refractivity contribution < 1.29 is 14.6 Å². The molecule has 1 amide bonds. The first-order valence-electron chi connectivity index (χ1n) is 4.62. The number of nitrogens with zero attached hydrogens (tertiary/aromatic N) is 2. The number of hydrogen-bond acceptors (Lipinski definition) is 6. The van der Waals surface area contributed by atoms with Crippen molar-refractivity contribution in [2.75, 3.05) is 11.9 Å². The van der Waals surface area contributed by atoms with Gasteiger partial charge in [-0.25, -0.2) is 14.8 Å². The predicted octanol–water partition coefficient (Wildman–Crippen LogP) is 0.117. The van der Waals surface area contributed by atoms with Crippen LogP contribution in [-0.4, -0.2) is 33.3 Å². The molecule has 1 heterocycles. The topological polar surface area (TPSA) is 110 Å². The number of ether oxygens (including phenoxy) is 1. The normalized spacial score (nSPS) is 10.9. The van der Waals surface area contributed by atoms with Crippen LogP contribution in [0.5, 0.6) is 5.75 Å². The Kier molecular flexibility index (Phi) is 3.62. The fraction of sp³-hybridized carbons (Fsp3) is 0.444. The molecular formula is C9H14N4O3. The molecule has 1 aromatic heterocycles. The highest BCUT2D eigenvalue weighted by atomic mass is 16.5. The molecule has 16 heavy (non-hydrogen) atoms. The molecule has 4 N–H and O–H groups in total. The van der Waals surface area contributed by atoms with Crippen molar-refractivity contribution in [3.05, 3.63) is 12.4 Å². The number of hydrogen-bond donors (Lipinski definition) is 3. The molecule has 0 bridgehead atoms. The Morgan fingerprint density at radius 2 is 2.12 bits per heavy atom. The second kappa shape index (κ2) is 4.75. The summed E-state index contributed by atoms with van der Waals surface area (Å²) in [6.45, 7) is 3.62. The number of primary amides is 1. The third-order valence-corrected chi connectivity index (χ3v) is 1.53. The van der Waals surface area contributed by atoms with E-state index >= 15 is 0 Å². The average Bonchev–Trinajstić information content (AvgIpc) is 2.14. The maximum absolute atomic E-state index is 10.4. The van der Waals surface area contributed by atoms with E-state index in [0.717, 1.165) is 0 Å². The molecule has 7 nitrogen and oxygen atoms in total. The van der Waals surface area contributed by atoms with Gasteiger partial charge in [0, 0.05) is 6.54 Å². The van der Waals surface area contributed by atoms with E-state index < -0.39 is 11.7 Å². The van der Waals surface area contributed by atoms with Crippen LogP contribution in [-0.2, 0) is 0 Å². The number of nitrogens with two attached hydrogens (primary N) is 1.